The molecule has 0 amide bonds. The summed E-state index contributed by atoms with van der Waals surface area (Å²) in [6.07, 6.45) is 1.46. The molecule has 0 spiro atoms. The molecule has 6 heteroatoms. The van der Waals surface area contributed by atoms with E-state index in [4.69, 9.17) is 21.4 Å². The van der Waals surface area contributed by atoms with Crippen LogP contribution in [0.1, 0.15) is 24.5 Å². The maximum atomic E-state index is 6.17. The SMILES string of the molecule is CCC(N)(N)c1ccccc1C[CH2][Ti]([O]C)([O]C)[O]C. The molecule has 0 aliphatic carbocycles. The molecular formula is C14H26N2O3Ti. The monoisotopic (exact) mass is 318 g/mol. The first-order valence-electron chi connectivity index (χ1n) is 6.76. The fourth-order valence-corrected chi connectivity index (χ4v) is 4.86. The second-order valence-electron chi connectivity index (χ2n) is 4.85. The Morgan fingerprint density at radius 1 is 1.05 bits per heavy atom. The number of nitrogens with two attached hydrogens (primary N) is 2. The summed E-state index contributed by atoms with van der Waals surface area (Å²) in [5.41, 5.74) is 13.6. The molecular weight excluding hydrogens is 292 g/mol. The first kappa shape index (κ1) is 17.8. The van der Waals surface area contributed by atoms with Crippen molar-refractivity contribution in [3.05, 3.63) is 35.4 Å². The van der Waals surface area contributed by atoms with Gasteiger partial charge in [-0.1, -0.05) is 0 Å². The fraction of sp³-hybridized carbons (Fsp3) is 0.571. The van der Waals surface area contributed by atoms with Gasteiger partial charge in [0.25, 0.3) is 0 Å². The van der Waals surface area contributed by atoms with Crippen molar-refractivity contribution in [2.24, 2.45) is 11.5 Å². The van der Waals surface area contributed by atoms with Crippen LogP contribution in [0.3, 0.4) is 0 Å². The third kappa shape index (κ3) is 4.12. The molecule has 0 unspecified atom stereocenters. The van der Waals surface area contributed by atoms with Crippen LogP contribution >= 0.6 is 0 Å². The molecule has 0 aliphatic heterocycles. The molecule has 0 radical (unpaired) electrons. The number of rotatable bonds is 8. The molecule has 0 saturated carbocycles. The van der Waals surface area contributed by atoms with Crippen molar-refractivity contribution < 1.29 is 27.7 Å². The van der Waals surface area contributed by atoms with E-state index in [1.807, 2.05) is 31.2 Å². The van der Waals surface area contributed by atoms with Crippen molar-refractivity contribution in [3.8, 4) is 0 Å². The van der Waals surface area contributed by atoms with E-state index in [1.165, 1.54) is 0 Å². The van der Waals surface area contributed by atoms with Crippen molar-refractivity contribution in [1.82, 2.24) is 0 Å². The average Bonchev–Trinajstić information content (AvgIpc) is 2.49. The van der Waals surface area contributed by atoms with Crippen molar-refractivity contribution in [2.45, 2.75) is 30.2 Å². The molecule has 1 aromatic rings. The zero-order chi connectivity index (χ0) is 15.2. The molecule has 0 atom stereocenters. The van der Waals surface area contributed by atoms with Crippen LogP contribution in [-0.4, -0.2) is 21.3 Å². The predicted molar refractivity (Wildman–Crippen MR) is 76.3 cm³/mol. The van der Waals surface area contributed by atoms with E-state index >= 15 is 0 Å². The van der Waals surface area contributed by atoms with Crippen molar-refractivity contribution in [1.29, 1.82) is 0 Å². The van der Waals surface area contributed by atoms with Crippen LogP contribution in [0, 0.1) is 0 Å². The summed E-state index contributed by atoms with van der Waals surface area (Å²) in [7, 11) is 4.92. The molecule has 20 heavy (non-hydrogen) atoms. The summed E-state index contributed by atoms with van der Waals surface area (Å²) in [5.74, 6) is 0. The molecule has 114 valence electrons. The van der Waals surface area contributed by atoms with Gasteiger partial charge >= 0.3 is 126 Å². The van der Waals surface area contributed by atoms with Gasteiger partial charge in [-0.05, 0) is 0 Å². The van der Waals surface area contributed by atoms with E-state index in [0.29, 0.717) is 6.42 Å². The van der Waals surface area contributed by atoms with Crippen LogP contribution in [0.4, 0.5) is 0 Å². The normalized spacial score (nSPS) is 12.7. The van der Waals surface area contributed by atoms with Gasteiger partial charge in [0, 0.05) is 0 Å². The molecule has 0 heterocycles. The Morgan fingerprint density at radius 3 is 2.10 bits per heavy atom. The zero-order valence-electron chi connectivity index (χ0n) is 12.8. The molecule has 1 aromatic carbocycles. The summed E-state index contributed by atoms with van der Waals surface area (Å²) < 4.78 is 17.2. The molecule has 1 rings (SSSR count). The van der Waals surface area contributed by atoms with Crippen molar-refractivity contribution in [3.63, 3.8) is 0 Å². The summed E-state index contributed by atoms with van der Waals surface area (Å²) in [5, 5.41) is 0. The Labute approximate surface area is 126 Å². The van der Waals surface area contributed by atoms with Gasteiger partial charge in [-0.3, -0.25) is 0 Å². The molecule has 4 N–H and O–H groups in total. The minimum atomic E-state index is -3.11. The first-order valence-corrected chi connectivity index (χ1v) is 9.78. The van der Waals surface area contributed by atoms with Crippen molar-refractivity contribution in [2.75, 3.05) is 21.3 Å². The number of hydrogen-bond donors (Lipinski definition) is 2. The fourth-order valence-electron chi connectivity index (χ4n) is 2.23. The second kappa shape index (κ2) is 7.66. The van der Waals surface area contributed by atoms with Gasteiger partial charge < -0.3 is 0 Å². The molecule has 0 bridgehead atoms. The number of hydrogen-bond acceptors (Lipinski definition) is 5. The van der Waals surface area contributed by atoms with E-state index in [0.717, 1.165) is 22.3 Å². The van der Waals surface area contributed by atoms with Crippen LogP contribution < -0.4 is 11.5 Å². The second-order valence-corrected chi connectivity index (χ2v) is 9.67. The topological polar surface area (TPSA) is 79.7 Å². The summed E-state index contributed by atoms with van der Waals surface area (Å²) in [6, 6.07) is 7.99. The summed E-state index contributed by atoms with van der Waals surface area (Å²) >= 11 is -3.11. The quantitative estimate of drug-likeness (QED) is 0.566. The van der Waals surface area contributed by atoms with Gasteiger partial charge in [-0.2, -0.15) is 0 Å². The van der Waals surface area contributed by atoms with E-state index < -0.39 is 23.4 Å². The van der Waals surface area contributed by atoms with Gasteiger partial charge in [0.15, 0.2) is 0 Å². The van der Waals surface area contributed by atoms with Gasteiger partial charge in [0.1, 0.15) is 0 Å². The molecule has 5 nitrogen and oxygen atoms in total. The zero-order valence-corrected chi connectivity index (χ0v) is 14.4. The Balaban J connectivity index is 2.94. The Hall–Kier alpha value is -0.266. The Bertz CT molecular complexity index is 414. The molecule has 0 aliphatic rings. The summed E-state index contributed by atoms with van der Waals surface area (Å²) in [6.45, 7) is 1.98. The minimum absolute atomic E-state index is 0.676. The average molecular weight is 318 g/mol. The molecule has 0 aromatic heterocycles. The van der Waals surface area contributed by atoms with Crippen LogP contribution in [0.5, 0.6) is 0 Å². The van der Waals surface area contributed by atoms with Gasteiger partial charge in [-0.15, -0.1) is 0 Å². The summed E-state index contributed by atoms with van der Waals surface area (Å²) in [4.78, 5) is 0. The van der Waals surface area contributed by atoms with Gasteiger partial charge in [0.2, 0.25) is 0 Å². The maximum absolute atomic E-state index is 6.17. The van der Waals surface area contributed by atoms with Crippen LogP contribution in [0.15, 0.2) is 24.3 Å². The van der Waals surface area contributed by atoms with Gasteiger partial charge in [-0.25, -0.2) is 0 Å². The van der Waals surface area contributed by atoms with E-state index in [1.54, 1.807) is 21.3 Å². The Morgan fingerprint density at radius 2 is 1.60 bits per heavy atom. The van der Waals surface area contributed by atoms with Crippen LogP contribution in [-0.2, 0) is 39.8 Å². The molecule has 0 saturated heterocycles. The van der Waals surface area contributed by atoms with E-state index in [2.05, 4.69) is 0 Å². The molecule has 0 fully saturated rings. The van der Waals surface area contributed by atoms with Crippen molar-refractivity contribution >= 4 is 0 Å². The van der Waals surface area contributed by atoms with Crippen LogP contribution in [0.25, 0.3) is 0 Å². The van der Waals surface area contributed by atoms with E-state index in [-0.39, 0.29) is 0 Å². The van der Waals surface area contributed by atoms with Gasteiger partial charge in [0.05, 0.1) is 0 Å². The first-order chi connectivity index (χ1) is 9.44. The number of aryl methyl sites for hydroxylation is 1. The van der Waals surface area contributed by atoms with Crippen LogP contribution in [0.2, 0.25) is 4.73 Å². The predicted octanol–water partition coefficient (Wildman–Crippen LogP) is 1.97. The standard InChI is InChI=1S/C11H17N2.3CH3O.Ti/c1-3-9-7-5-6-8-10(9)11(12,13)4-2;3*1-2;/h5-8H,1,3-4,12-13H2,2H3;3*1H3;/q;3*-1;+3. The third-order valence-corrected chi connectivity index (χ3v) is 8.00. The third-order valence-electron chi connectivity index (χ3n) is 3.74. The van der Waals surface area contributed by atoms with E-state index in [9.17, 15) is 0 Å². The number of benzene rings is 1. The Kier molecular flexibility index (Phi) is 6.81.